The molecule has 0 saturated heterocycles. The van der Waals surface area contributed by atoms with Gasteiger partial charge in [0.15, 0.2) is 0 Å². The number of benzene rings is 1. The van der Waals surface area contributed by atoms with Crippen molar-refractivity contribution in [1.29, 1.82) is 0 Å². The lowest BCUT2D eigenvalue weighted by molar-refractivity contribution is 0.216. The Morgan fingerprint density at radius 2 is 2.04 bits per heavy atom. The lowest BCUT2D eigenvalue weighted by atomic mass is 10.3. The van der Waals surface area contributed by atoms with Crippen molar-refractivity contribution in [2.75, 3.05) is 18.6 Å². The van der Waals surface area contributed by atoms with E-state index >= 15 is 0 Å². The van der Waals surface area contributed by atoms with Crippen LogP contribution in [0.3, 0.4) is 0 Å². The Morgan fingerprint density at radius 1 is 1.33 bits per heavy atom. The fourth-order valence-electron chi connectivity index (χ4n) is 1.85. The number of carbonyl (C=O) groups is 1. The quantitative estimate of drug-likeness (QED) is 0.613. The molecular formula is C18H21N3O2S. The van der Waals surface area contributed by atoms with E-state index in [0.717, 1.165) is 5.03 Å². The molecule has 0 saturated carbocycles. The van der Waals surface area contributed by atoms with Gasteiger partial charge in [0.05, 0.1) is 5.03 Å². The lowest BCUT2D eigenvalue weighted by Crippen LogP contribution is -2.37. The van der Waals surface area contributed by atoms with Crippen molar-refractivity contribution in [3.05, 3.63) is 55.1 Å². The van der Waals surface area contributed by atoms with Gasteiger partial charge in [-0.3, -0.25) is 0 Å². The van der Waals surface area contributed by atoms with Crippen LogP contribution in [0.15, 0.2) is 60.1 Å². The maximum absolute atomic E-state index is 12.1. The predicted molar refractivity (Wildman–Crippen MR) is 99.0 cm³/mol. The van der Waals surface area contributed by atoms with E-state index in [1.807, 2.05) is 25.3 Å². The highest BCUT2D eigenvalue weighted by molar-refractivity contribution is 7.98. The van der Waals surface area contributed by atoms with E-state index in [2.05, 4.69) is 16.9 Å². The number of thioether (sulfide) groups is 1. The molecule has 0 aliphatic rings. The van der Waals surface area contributed by atoms with Gasteiger partial charge in [0, 0.05) is 24.8 Å². The molecule has 0 fully saturated rings. The predicted octanol–water partition coefficient (Wildman–Crippen LogP) is 4.63. The molecule has 1 heterocycles. The van der Waals surface area contributed by atoms with Gasteiger partial charge in [0.1, 0.15) is 5.75 Å². The molecule has 6 heteroatoms. The van der Waals surface area contributed by atoms with Crippen LogP contribution in [0.4, 0.5) is 10.5 Å². The minimum Gasteiger partial charge on any atom is -0.439 e. The van der Waals surface area contributed by atoms with E-state index < -0.39 is 0 Å². The van der Waals surface area contributed by atoms with Gasteiger partial charge in [-0.05, 0) is 43.5 Å². The third kappa shape index (κ3) is 4.76. The van der Waals surface area contributed by atoms with E-state index in [9.17, 15) is 4.79 Å². The fourth-order valence-corrected chi connectivity index (χ4v) is 2.24. The number of ether oxygens (including phenoxy) is 1. The van der Waals surface area contributed by atoms with E-state index in [-0.39, 0.29) is 12.1 Å². The van der Waals surface area contributed by atoms with Crippen molar-refractivity contribution >= 4 is 23.5 Å². The topological polar surface area (TPSA) is 54.5 Å². The van der Waals surface area contributed by atoms with Crippen molar-refractivity contribution in [2.24, 2.45) is 0 Å². The minimum atomic E-state index is -0.189. The molecule has 0 radical (unpaired) electrons. The van der Waals surface area contributed by atoms with Gasteiger partial charge in [0.2, 0.25) is 5.88 Å². The van der Waals surface area contributed by atoms with Crippen molar-refractivity contribution < 1.29 is 9.53 Å². The number of nitrogens with zero attached hydrogens (tertiary/aromatic N) is 2. The number of aromatic nitrogens is 1. The van der Waals surface area contributed by atoms with Gasteiger partial charge in [-0.2, -0.15) is 0 Å². The number of likely N-dealkylation sites (N-methyl/N-ethyl adjacent to an activating group) is 1. The number of hydrogen-bond donors (Lipinski definition) is 1. The van der Waals surface area contributed by atoms with Gasteiger partial charge in [-0.15, -0.1) is 18.3 Å². The first-order chi connectivity index (χ1) is 11.5. The first kappa shape index (κ1) is 17.9. The lowest BCUT2D eigenvalue weighted by Gasteiger charge is -2.22. The smallest absolute Gasteiger partial charge is 0.322 e. The number of anilines is 1. The average molecular weight is 343 g/mol. The Balaban J connectivity index is 2.00. The second kappa shape index (κ2) is 8.40. The standard InChI is InChI=1S/C18H21N3O2S/c1-5-13(2)21(3)18(22)19-14-9-11-15(12-10-14)23-16-7-6-8-17(20-16)24-4/h5-13H,1H2,2-4H3,(H,19,22). The molecule has 0 aliphatic carbocycles. The zero-order chi connectivity index (χ0) is 17.5. The Hall–Kier alpha value is -2.47. The molecule has 0 aliphatic heterocycles. The average Bonchev–Trinajstić information content (AvgIpc) is 2.62. The van der Waals surface area contributed by atoms with Crippen LogP contribution in [0.5, 0.6) is 11.6 Å². The van der Waals surface area contributed by atoms with Crippen LogP contribution >= 0.6 is 11.8 Å². The molecule has 2 rings (SSSR count). The first-order valence-corrected chi connectivity index (χ1v) is 8.71. The number of hydrogen-bond acceptors (Lipinski definition) is 4. The van der Waals surface area contributed by atoms with Crippen LogP contribution in [0, 0.1) is 0 Å². The molecule has 5 nitrogen and oxygen atoms in total. The molecule has 126 valence electrons. The highest BCUT2D eigenvalue weighted by Crippen LogP contribution is 2.23. The molecule has 2 aromatic rings. The van der Waals surface area contributed by atoms with Crippen LogP contribution in [0.1, 0.15) is 6.92 Å². The molecule has 1 atom stereocenters. The molecule has 0 bridgehead atoms. The highest BCUT2D eigenvalue weighted by Gasteiger charge is 2.12. The summed E-state index contributed by atoms with van der Waals surface area (Å²) in [6.45, 7) is 5.59. The minimum absolute atomic E-state index is 0.0395. The summed E-state index contributed by atoms with van der Waals surface area (Å²) in [5, 5.41) is 3.73. The van der Waals surface area contributed by atoms with Crippen LogP contribution in [-0.2, 0) is 0 Å². The molecule has 1 aromatic carbocycles. The number of pyridine rings is 1. The number of amides is 2. The maximum atomic E-state index is 12.1. The normalized spacial score (nSPS) is 11.5. The number of nitrogens with one attached hydrogen (secondary N) is 1. The van der Waals surface area contributed by atoms with Gasteiger partial charge in [-0.25, -0.2) is 9.78 Å². The first-order valence-electron chi connectivity index (χ1n) is 7.49. The summed E-state index contributed by atoms with van der Waals surface area (Å²) in [5.41, 5.74) is 0.696. The molecule has 24 heavy (non-hydrogen) atoms. The summed E-state index contributed by atoms with van der Waals surface area (Å²) >= 11 is 1.56. The summed E-state index contributed by atoms with van der Waals surface area (Å²) in [6.07, 6.45) is 3.68. The van der Waals surface area contributed by atoms with E-state index in [1.54, 1.807) is 60.1 Å². The van der Waals surface area contributed by atoms with Crippen molar-refractivity contribution in [2.45, 2.75) is 18.0 Å². The molecule has 2 amide bonds. The van der Waals surface area contributed by atoms with Crippen LogP contribution in [0.2, 0.25) is 0 Å². The van der Waals surface area contributed by atoms with Crippen LogP contribution in [-0.4, -0.2) is 35.3 Å². The van der Waals surface area contributed by atoms with E-state index in [4.69, 9.17) is 4.74 Å². The Morgan fingerprint density at radius 3 is 2.67 bits per heavy atom. The summed E-state index contributed by atoms with van der Waals surface area (Å²) in [6, 6.07) is 12.6. The second-order valence-electron chi connectivity index (χ2n) is 5.16. The van der Waals surface area contributed by atoms with Crippen LogP contribution in [0.25, 0.3) is 0 Å². The van der Waals surface area contributed by atoms with Gasteiger partial charge in [0.25, 0.3) is 0 Å². The van der Waals surface area contributed by atoms with Crippen molar-refractivity contribution in [3.8, 4) is 11.6 Å². The zero-order valence-corrected chi connectivity index (χ0v) is 14.8. The zero-order valence-electron chi connectivity index (χ0n) is 14.0. The maximum Gasteiger partial charge on any atom is 0.322 e. The molecule has 1 aromatic heterocycles. The third-order valence-electron chi connectivity index (χ3n) is 3.51. The summed E-state index contributed by atoms with van der Waals surface area (Å²) < 4.78 is 5.72. The second-order valence-corrected chi connectivity index (χ2v) is 5.99. The monoisotopic (exact) mass is 343 g/mol. The SMILES string of the molecule is C=CC(C)N(C)C(=O)Nc1ccc(Oc2cccc(SC)n2)cc1. The Labute approximate surface area is 146 Å². The number of urea groups is 1. The molecule has 0 spiro atoms. The number of carbonyl (C=O) groups excluding carboxylic acids is 1. The van der Waals surface area contributed by atoms with Crippen molar-refractivity contribution in [3.63, 3.8) is 0 Å². The van der Waals surface area contributed by atoms with Gasteiger partial charge < -0.3 is 15.0 Å². The molecule has 1 N–H and O–H groups in total. The Kier molecular flexibility index (Phi) is 6.26. The summed E-state index contributed by atoms with van der Waals surface area (Å²) in [7, 11) is 1.73. The number of rotatable bonds is 6. The van der Waals surface area contributed by atoms with Gasteiger partial charge in [-0.1, -0.05) is 12.1 Å². The van der Waals surface area contributed by atoms with Gasteiger partial charge >= 0.3 is 6.03 Å². The molecular weight excluding hydrogens is 322 g/mol. The van der Waals surface area contributed by atoms with Crippen molar-refractivity contribution in [1.82, 2.24) is 9.88 Å². The van der Waals surface area contributed by atoms with Crippen LogP contribution < -0.4 is 10.1 Å². The highest BCUT2D eigenvalue weighted by atomic mass is 32.2. The summed E-state index contributed by atoms with van der Waals surface area (Å²) in [5.74, 6) is 1.20. The largest absolute Gasteiger partial charge is 0.439 e. The van der Waals surface area contributed by atoms with E-state index in [1.165, 1.54) is 0 Å². The summed E-state index contributed by atoms with van der Waals surface area (Å²) in [4.78, 5) is 18.0. The molecule has 1 unspecified atom stereocenters. The fraction of sp³-hybridized carbons (Fsp3) is 0.222. The Bertz CT molecular complexity index is 704. The van der Waals surface area contributed by atoms with E-state index in [0.29, 0.717) is 17.3 Å². The third-order valence-corrected chi connectivity index (χ3v) is 4.15.